The van der Waals surface area contributed by atoms with E-state index < -0.39 is 0 Å². The molecule has 2 N–H and O–H groups in total. The Balaban J connectivity index is 2.15. The van der Waals surface area contributed by atoms with Crippen LogP contribution in [0, 0.1) is 6.92 Å². The smallest absolute Gasteiger partial charge is 0.238 e. The van der Waals surface area contributed by atoms with Crippen LogP contribution < -0.4 is 5.32 Å². The number of nitrogens with zero attached hydrogens (tertiary/aromatic N) is 1. The Morgan fingerprint density at radius 2 is 2.10 bits per heavy atom. The zero-order valence-electron chi connectivity index (χ0n) is 11.4. The van der Waals surface area contributed by atoms with E-state index in [1.54, 1.807) is 17.8 Å². The molecule has 21 heavy (non-hydrogen) atoms. The van der Waals surface area contributed by atoms with Crippen molar-refractivity contribution in [1.29, 1.82) is 0 Å². The van der Waals surface area contributed by atoms with Crippen LogP contribution in [0.3, 0.4) is 0 Å². The molecule has 4 nitrogen and oxygen atoms in total. The van der Waals surface area contributed by atoms with E-state index in [-0.39, 0.29) is 16.4 Å². The van der Waals surface area contributed by atoms with Crippen molar-refractivity contribution in [2.45, 2.75) is 24.3 Å². The third kappa shape index (κ3) is 2.65. The van der Waals surface area contributed by atoms with Crippen molar-refractivity contribution in [2.24, 2.45) is 0 Å². The molecule has 0 aliphatic carbocycles. The summed E-state index contributed by atoms with van der Waals surface area (Å²) in [4.78, 5) is 12.1. The minimum absolute atomic E-state index is 0.0552. The van der Waals surface area contributed by atoms with Gasteiger partial charge in [-0.3, -0.25) is 9.89 Å². The maximum atomic E-state index is 12.1. The number of nitrogens with one attached hydrogen (secondary N) is 2. The minimum atomic E-state index is -0.199. The Kier molecular flexibility index (Phi) is 3.90. The number of hydrogen-bond donors (Lipinski definition) is 2. The summed E-state index contributed by atoms with van der Waals surface area (Å²) in [7, 11) is 0. The molecule has 1 amide bonds. The van der Waals surface area contributed by atoms with E-state index in [4.69, 9.17) is 23.2 Å². The normalized spacial score (nSPS) is 21.6. The first-order valence-corrected chi connectivity index (χ1v) is 8.13. The second kappa shape index (κ2) is 5.55. The van der Waals surface area contributed by atoms with Gasteiger partial charge in [0.25, 0.3) is 0 Å². The fourth-order valence-electron chi connectivity index (χ4n) is 2.35. The van der Waals surface area contributed by atoms with Gasteiger partial charge in [0.1, 0.15) is 0 Å². The van der Waals surface area contributed by atoms with Gasteiger partial charge in [-0.2, -0.15) is 5.10 Å². The van der Waals surface area contributed by atoms with Gasteiger partial charge in [0.2, 0.25) is 5.91 Å². The molecular weight excluding hydrogens is 329 g/mol. The fraction of sp³-hybridized carbons (Fsp3) is 0.286. The van der Waals surface area contributed by atoms with E-state index in [1.165, 1.54) is 0 Å². The molecule has 3 rings (SSSR count). The van der Waals surface area contributed by atoms with Crippen LogP contribution in [0.4, 0.5) is 5.82 Å². The summed E-state index contributed by atoms with van der Waals surface area (Å²) in [5, 5.41) is 10.9. The van der Waals surface area contributed by atoms with Crippen LogP contribution in [0.15, 0.2) is 18.2 Å². The van der Waals surface area contributed by atoms with Crippen LogP contribution in [0.25, 0.3) is 0 Å². The first-order valence-electron chi connectivity index (χ1n) is 6.43. The Hall–Kier alpha value is -1.17. The SMILES string of the molecule is Cc1[nH]nc2c1[C@H](c1ccc(Cl)cc1Cl)S[C@H](C)C(=O)N2. The third-order valence-electron chi connectivity index (χ3n) is 3.45. The summed E-state index contributed by atoms with van der Waals surface area (Å²) >= 11 is 13.9. The van der Waals surface area contributed by atoms with Crippen LogP contribution in [0.1, 0.15) is 29.0 Å². The largest absolute Gasteiger partial charge is 0.308 e. The van der Waals surface area contributed by atoms with Crippen molar-refractivity contribution >= 4 is 46.7 Å². The topological polar surface area (TPSA) is 57.8 Å². The first-order chi connectivity index (χ1) is 9.97. The van der Waals surface area contributed by atoms with Crippen molar-refractivity contribution in [3.8, 4) is 0 Å². The van der Waals surface area contributed by atoms with Gasteiger partial charge < -0.3 is 5.32 Å². The zero-order chi connectivity index (χ0) is 15.1. The Morgan fingerprint density at radius 1 is 1.33 bits per heavy atom. The predicted molar refractivity (Wildman–Crippen MR) is 87.3 cm³/mol. The van der Waals surface area contributed by atoms with Gasteiger partial charge in [-0.05, 0) is 31.5 Å². The molecule has 1 aliphatic heterocycles. The number of rotatable bonds is 1. The molecule has 1 aliphatic rings. The lowest BCUT2D eigenvalue weighted by molar-refractivity contribution is -0.115. The first kappa shape index (κ1) is 14.8. The summed E-state index contributed by atoms with van der Waals surface area (Å²) in [6.45, 7) is 3.81. The number of anilines is 1. The van der Waals surface area contributed by atoms with Crippen molar-refractivity contribution in [2.75, 3.05) is 5.32 Å². The summed E-state index contributed by atoms with van der Waals surface area (Å²) in [5.74, 6) is 0.519. The number of amides is 1. The van der Waals surface area contributed by atoms with E-state index in [9.17, 15) is 4.79 Å². The van der Waals surface area contributed by atoms with Gasteiger partial charge in [-0.1, -0.05) is 29.3 Å². The quantitative estimate of drug-likeness (QED) is 0.817. The summed E-state index contributed by atoms with van der Waals surface area (Å²) in [5.41, 5.74) is 2.81. The molecule has 0 fully saturated rings. The van der Waals surface area contributed by atoms with E-state index in [0.717, 1.165) is 16.8 Å². The zero-order valence-corrected chi connectivity index (χ0v) is 13.7. The molecule has 1 aromatic heterocycles. The fourth-order valence-corrected chi connectivity index (χ4v) is 4.30. The number of aromatic nitrogens is 2. The molecule has 7 heteroatoms. The summed E-state index contributed by atoms with van der Waals surface area (Å²) in [6.07, 6.45) is 0. The number of halogens is 2. The van der Waals surface area contributed by atoms with Gasteiger partial charge in [0, 0.05) is 21.3 Å². The highest BCUT2D eigenvalue weighted by atomic mass is 35.5. The second-order valence-electron chi connectivity index (χ2n) is 4.92. The maximum Gasteiger partial charge on any atom is 0.238 e. The molecule has 0 radical (unpaired) electrons. The molecule has 0 saturated carbocycles. The number of carbonyl (C=O) groups is 1. The average Bonchev–Trinajstić information content (AvgIpc) is 2.71. The van der Waals surface area contributed by atoms with E-state index in [0.29, 0.717) is 15.9 Å². The summed E-state index contributed by atoms with van der Waals surface area (Å²) < 4.78 is 0. The molecule has 1 aromatic carbocycles. The molecule has 0 bridgehead atoms. The van der Waals surface area contributed by atoms with Crippen molar-refractivity contribution in [1.82, 2.24) is 10.2 Å². The Labute approximate surface area is 136 Å². The number of thioether (sulfide) groups is 1. The lowest BCUT2D eigenvalue weighted by Gasteiger charge is -2.19. The predicted octanol–water partition coefficient (Wildman–Crippen LogP) is 4.19. The molecule has 0 spiro atoms. The van der Waals surface area contributed by atoms with Gasteiger partial charge in [0.05, 0.1) is 10.5 Å². The number of aryl methyl sites for hydroxylation is 1. The molecule has 0 saturated heterocycles. The molecule has 2 atom stereocenters. The van der Waals surface area contributed by atoms with Gasteiger partial charge in [-0.25, -0.2) is 0 Å². The molecule has 110 valence electrons. The standard InChI is InChI=1S/C14H13Cl2N3OS/c1-6-11-12(9-4-3-8(15)5-10(9)16)21-7(2)14(20)17-13(11)19-18-6/h3-5,7,12H,1-2H3,(H2,17,18,19,20)/t7-,12+/m1/s1. The second-order valence-corrected chi connectivity index (χ2v) is 7.22. The average molecular weight is 342 g/mol. The highest BCUT2D eigenvalue weighted by Gasteiger charge is 2.33. The minimum Gasteiger partial charge on any atom is -0.308 e. The lowest BCUT2D eigenvalue weighted by atomic mass is 10.0. The third-order valence-corrected chi connectivity index (χ3v) is 5.40. The highest BCUT2D eigenvalue weighted by molar-refractivity contribution is 8.01. The van der Waals surface area contributed by atoms with Crippen LogP contribution in [0.5, 0.6) is 0 Å². The van der Waals surface area contributed by atoms with E-state index >= 15 is 0 Å². The van der Waals surface area contributed by atoms with Gasteiger partial charge >= 0.3 is 0 Å². The van der Waals surface area contributed by atoms with Crippen LogP contribution in [0.2, 0.25) is 10.0 Å². The van der Waals surface area contributed by atoms with Crippen molar-refractivity contribution < 1.29 is 4.79 Å². The maximum absolute atomic E-state index is 12.1. The number of fused-ring (bicyclic) bond motifs is 1. The molecule has 2 heterocycles. The number of aromatic amines is 1. The van der Waals surface area contributed by atoms with Crippen LogP contribution in [-0.4, -0.2) is 21.4 Å². The number of H-pyrrole nitrogens is 1. The monoisotopic (exact) mass is 341 g/mol. The van der Waals surface area contributed by atoms with Gasteiger partial charge in [0.15, 0.2) is 5.82 Å². The lowest BCUT2D eigenvalue weighted by Crippen LogP contribution is -2.21. The summed E-state index contributed by atoms with van der Waals surface area (Å²) in [6, 6.07) is 5.43. The van der Waals surface area contributed by atoms with Crippen molar-refractivity contribution in [3.63, 3.8) is 0 Å². The Morgan fingerprint density at radius 3 is 2.81 bits per heavy atom. The van der Waals surface area contributed by atoms with Crippen molar-refractivity contribution in [3.05, 3.63) is 45.1 Å². The Bertz CT molecular complexity index is 716. The number of benzene rings is 1. The molecule has 2 aromatic rings. The van der Waals surface area contributed by atoms with E-state index in [2.05, 4.69) is 15.5 Å². The van der Waals surface area contributed by atoms with Gasteiger partial charge in [-0.15, -0.1) is 11.8 Å². The van der Waals surface area contributed by atoms with E-state index in [1.807, 2.05) is 26.0 Å². The van der Waals surface area contributed by atoms with Crippen LogP contribution in [-0.2, 0) is 4.79 Å². The molecule has 0 unspecified atom stereocenters. The van der Waals surface area contributed by atoms with Crippen LogP contribution >= 0.6 is 35.0 Å². The molecular formula is C14H13Cl2N3OS. The number of hydrogen-bond acceptors (Lipinski definition) is 3. The highest BCUT2D eigenvalue weighted by Crippen LogP contribution is 2.46. The number of carbonyl (C=O) groups excluding carboxylic acids is 1.